The fourth-order valence-electron chi connectivity index (χ4n) is 1.53. The Bertz CT molecular complexity index is 421. The molecular weight excluding hydrogens is 248 g/mol. The van der Waals surface area contributed by atoms with E-state index in [2.05, 4.69) is 5.16 Å². The van der Waals surface area contributed by atoms with Crippen LogP contribution in [0.2, 0.25) is 0 Å². The van der Waals surface area contributed by atoms with Crippen LogP contribution in [-0.2, 0) is 4.74 Å². The molecule has 19 heavy (non-hydrogen) atoms. The normalized spacial score (nSPS) is 11.4. The zero-order valence-electron chi connectivity index (χ0n) is 11.3. The number of benzene rings is 1. The third-order valence-electron chi connectivity index (χ3n) is 2.57. The summed E-state index contributed by atoms with van der Waals surface area (Å²) in [5.41, 5.74) is 6.09. The summed E-state index contributed by atoms with van der Waals surface area (Å²) in [6, 6.07) is 5.12. The fourth-order valence-corrected chi connectivity index (χ4v) is 1.53. The van der Waals surface area contributed by atoms with Crippen LogP contribution < -0.4 is 15.2 Å². The highest BCUT2D eigenvalue weighted by atomic mass is 16.5. The Morgan fingerprint density at radius 2 is 1.95 bits per heavy atom. The summed E-state index contributed by atoms with van der Waals surface area (Å²) in [6.07, 6.45) is 1.85. The second-order valence-electron chi connectivity index (χ2n) is 3.90. The van der Waals surface area contributed by atoms with Crippen molar-refractivity contribution in [1.82, 2.24) is 0 Å². The van der Waals surface area contributed by atoms with Gasteiger partial charge in [0.1, 0.15) is 0 Å². The van der Waals surface area contributed by atoms with E-state index >= 15 is 0 Å². The van der Waals surface area contributed by atoms with Gasteiger partial charge in [-0.25, -0.2) is 0 Å². The van der Waals surface area contributed by atoms with Crippen LogP contribution >= 0.6 is 0 Å². The number of rotatable bonds is 8. The lowest BCUT2D eigenvalue weighted by Crippen LogP contribution is -2.13. The summed E-state index contributed by atoms with van der Waals surface area (Å²) >= 11 is 0. The number of unbranched alkanes of at least 4 members (excludes halogenated alkanes) is 1. The highest BCUT2D eigenvalue weighted by Gasteiger charge is 2.08. The van der Waals surface area contributed by atoms with Gasteiger partial charge < -0.3 is 25.2 Å². The number of nitrogens with zero attached hydrogens (tertiary/aromatic N) is 1. The highest BCUT2D eigenvalue weighted by Crippen LogP contribution is 2.28. The molecule has 0 bridgehead atoms. The molecule has 1 aromatic carbocycles. The Kier molecular flexibility index (Phi) is 6.52. The van der Waals surface area contributed by atoms with E-state index in [1.807, 2.05) is 0 Å². The van der Waals surface area contributed by atoms with E-state index in [0.29, 0.717) is 23.7 Å². The molecule has 6 heteroatoms. The smallest absolute Gasteiger partial charge is 0.170 e. The van der Waals surface area contributed by atoms with E-state index < -0.39 is 0 Å². The van der Waals surface area contributed by atoms with Crippen LogP contribution in [0.25, 0.3) is 0 Å². The van der Waals surface area contributed by atoms with Crippen LogP contribution in [0, 0.1) is 0 Å². The van der Waals surface area contributed by atoms with Gasteiger partial charge >= 0.3 is 0 Å². The number of amidine groups is 1. The van der Waals surface area contributed by atoms with Gasteiger partial charge in [-0.3, -0.25) is 0 Å². The van der Waals surface area contributed by atoms with Gasteiger partial charge in [0.05, 0.1) is 13.7 Å². The molecule has 0 radical (unpaired) electrons. The number of ether oxygens (including phenoxy) is 3. The van der Waals surface area contributed by atoms with E-state index in [9.17, 15) is 0 Å². The first-order valence-electron chi connectivity index (χ1n) is 6.00. The van der Waals surface area contributed by atoms with Crippen molar-refractivity contribution in [3.05, 3.63) is 23.8 Å². The standard InChI is InChI=1S/C13H20N2O4/c1-17-7-3-4-8-19-11-6-5-10(13(14)15-16)9-12(11)18-2/h5-6,9,16H,3-4,7-8H2,1-2H3,(H2,14,15). The molecule has 0 saturated carbocycles. The molecule has 0 unspecified atom stereocenters. The maximum Gasteiger partial charge on any atom is 0.170 e. The first-order valence-corrected chi connectivity index (χ1v) is 6.00. The number of hydrogen-bond donors (Lipinski definition) is 2. The zero-order chi connectivity index (χ0) is 14.1. The largest absolute Gasteiger partial charge is 0.493 e. The van der Waals surface area contributed by atoms with Crippen LogP contribution in [0.3, 0.4) is 0 Å². The third kappa shape index (κ3) is 4.67. The van der Waals surface area contributed by atoms with E-state index in [1.165, 1.54) is 0 Å². The maximum atomic E-state index is 8.62. The lowest BCUT2D eigenvalue weighted by Gasteiger charge is -2.11. The fraction of sp³-hybridized carbons (Fsp3) is 0.462. The van der Waals surface area contributed by atoms with Gasteiger partial charge in [-0.1, -0.05) is 5.16 Å². The molecule has 0 fully saturated rings. The lowest BCUT2D eigenvalue weighted by atomic mass is 10.2. The Morgan fingerprint density at radius 3 is 2.58 bits per heavy atom. The Morgan fingerprint density at radius 1 is 1.21 bits per heavy atom. The van der Waals surface area contributed by atoms with Crippen molar-refractivity contribution >= 4 is 5.84 Å². The number of hydrogen-bond acceptors (Lipinski definition) is 5. The lowest BCUT2D eigenvalue weighted by molar-refractivity contribution is 0.183. The Labute approximate surface area is 112 Å². The molecule has 0 saturated heterocycles. The van der Waals surface area contributed by atoms with Crippen molar-refractivity contribution in [2.75, 3.05) is 27.4 Å². The minimum atomic E-state index is 0.0324. The molecule has 106 valence electrons. The van der Waals surface area contributed by atoms with Gasteiger partial charge in [-0.05, 0) is 31.0 Å². The van der Waals surface area contributed by atoms with Crippen molar-refractivity contribution in [2.45, 2.75) is 12.8 Å². The molecule has 0 heterocycles. The van der Waals surface area contributed by atoms with Crippen molar-refractivity contribution in [1.29, 1.82) is 0 Å². The van der Waals surface area contributed by atoms with Crippen molar-refractivity contribution < 1.29 is 19.4 Å². The second-order valence-corrected chi connectivity index (χ2v) is 3.90. The van der Waals surface area contributed by atoms with Crippen LogP contribution in [0.5, 0.6) is 11.5 Å². The third-order valence-corrected chi connectivity index (χ3v) is 2.57. The first kappa shape index (κ1) is 15.1. The van der Waals surface area contributed by atoms with E-state index in [0.717, 1.165) is 19.4 Å². The molecule has 6 nitrogen and oxygen atoms in total. The molecule has 0 aliphatic carbocycles. The summed E-state index contributed by atoms with van der Waals surface area (Å²) in [5, 5.41) is 11.6. The highest BCUT2D eigenvalue weighted by molar-refractivity contribution is 5.97. The van der Waals surface area contributed by atoms with Gasteiger partial charge in [-0.2, -0.15) is 0 Å². The van der Waals surface area contributed by atoms with Crippen molar-refractivity contribution in [2.24, 2.45) is 10.9 Å². The average Bonchev–Trinajstić information content (AvgIpc) is 2.46. The minimum absolute atomic E-state index is 0.0324. The quantitative estimate of drug-likeness (QED) is 0.246. The van der Waals surface area contributed by atoms with Crippen molar-refractivity contribution in [3.8, 4) is 11.5 Å². The van der Waals surface area contributed by atoms with Crippen LogP contribution in [0.4, 0.5) is 0 Å². The molecule has 0 spiro atoms. The SMILES string of the molecule is COCCCCOc1ccc(/C(N)=N/O)cc1OC. The van der Waals surface area contributed by atoms with Gasteiger partial charge in [0.25, 0.3) is 0 Å². The zero-order valence-corrected chi connectivity index (χ0v) is 11.3. The topological polar surface area (TPSA) is 86.3 Å². The van der Waals surface area contributed by atoms with Gasteiger partial charge in [0.15, 0.2) is 17.3 Å². The first-order chi connectivity index (χ1) is 9.22. The molecule has 0 aliphatic heterocycles. The van der Waals surface area contributed by atoms with E-state index in [-0.39, 0.29) is 5.84 Å². The molecule has 1 aromatic rings. The molecule has 3 N–H and O–H groups in total. The Balaban J connectivity index is 2.63. The predicted octanol–water partition coefficient (Wildman–Crippen LogP) is 1.60. The summed E-state index contributed by atoms with van der Waals surface area (Å²) in [6.45, 7) is 1.31. The summed E-state index contributed by atoms with van der Waals surface area (Å²) in [7, 11) is 3.22. The van der Waals surface area contributed by atoms with E-state index in [1.54, 1.807) is 32.4 Å². The summed E-state index contributed by atoms with van der Waals surface area (Å²) in [5.74, 6) is 1.22. The van der Waals surface area contributed by atoms with Crippen LogP contribution in [-0.4, -0.2) is 38.5 Å². The average molecular weight is 268 g/mol. The number of methoxy groups -OCH3 is 2. The minimum Gasteiger partial charge on any atom is -0.493 e. The van der Waals surface area contributed by atoms with Gasteiger partial charge in [-0.15, -0.1) is 0 Å². The summed E-state index contributed by atoms with van der Waals surface area (Å²) in [4.78, 5) is 0. The van der Waals surface area contributed by atoms with Crippen LogP contribution in [0.1, 0.15) is 18.4 Å². The molecule has 0 aromatic heterocycles. The molecule has 0 amide bonds. The molecular formula is C13H20N2O4. The number of oxime groups is 1. The Hall–Kier alpha value is -1.95. The second kappa shape index (κ2) is 8.20. The van der Waals surface area contributed by atoms with Gasteiger partial charge in [0, 0.05) is 19.3 Å². The summed E-state index contributed by atoms with van der Waals surface area (Å²) < 4.78 is 15.8. The monoisotopic (exact) mass is 268 g/mol. The molecule has 0 atom stereocenters. The van der Waals surface area contributed by atoms with Crippen molar-refractivity contribution in [3.63, 3.8) is 0 Å². The molecule has 1 rings (SSSR count). The van der Waals surface area contributed by atoms with E-state index in [4.69, 9.17) is 25.2 Å². The predicted molar refractivity (Wildman–Crippen MR) is 72.1 cm³/mol. The number of nitrogens with two attached hydrogens (primary N) is 1. The van der Waals surface area contributed by atoms with Crippen LogP contribution in [0.15, 0.2) is 23.4 Å². The maximum absolute atomic E-state index is 8.62. The molecule has 0 aliphatic rings. The van der Waals surface area contributed by atoms with Gasteiger partial charge in [0.2, 0.25) is 0 Å².